The second kappa shape index (κ2) is 4.91. The van der Waals surface area contributed by atoms with Crippen LogP contribution in [0.5, 0.6) is 0 Å². The minimum absolute atomic E-state index is 0.346. The van der Waals surface area contributed by atoms with E-state index in [0.29, 0.717) is 11.3 Å². The number of halogens is 1. The van der Waals surface area contributed by atoms with Crippen LogP contribution < -0.4 is 0 Å². The number of alkyl halides is 1. The van der Waals surface area contributed by atoms with Crippen molar-refractivity contribution in [2.45, 2.75) is 11.8 Å². The summed E-state index contributed by atoms with van der Waals surface area (Å²) in [5.74, 6) is 2.95. The van der Waals surface area contributed by atoms with Gasteiger partial charge in [-0.05, 0) is 34.4 Å². The quantitative estimate of drug-likeness (QED) is 0.725. The van der Waals surface area contributed by atoms with Gasteiger partial charge >= 0.3 is 0 Å². The number of hydrogen-bond acceptors (Lipinski definition) is 1. The van der Waals surface area contributed by atoms with Gasteiger partial charge in [-0.2, -0.15) is 11.8 Å². The zero-order valence-corrected chi connectivity index (χ0v) is 11.2. The Morgan fingerprint density at radius 3 is 2.71 bits per heavy atom. The normalized spacial score (nSPS) is 24.3. The third-order valence-corrected chi connectivity index (χ3v) is 5.43. The van der Waals surface area contributed by atoms with E-state index in [0.717, 1.165) is 12.2 Å². The van der Waals surface area contributed by atoms with E-state index in [1.165, 1.54) is 22.1 Å². The molecule has 3 rings (SSSR count). The second-order valence-electron chi connectivity index (χ2n) is 4.66. The zero-order valence-electron chi connectivity index (χ0n) is 9.60. The average molecular weight is 263 g/mol. The lowest BCUT2D eigenvalue weighted by atomic mass is 9.94. The van der Waals surface area contributed by atoms with Crippen LogP contribution in [0.2, 0.25) is 0 Å². The van der Waals surface area contributed by atoms with Crippen LogP contribution in [0, 0.1) is 5.92 Å². The van der Waals surface area contributed by atoms with Crippen molar-refractivity contribution in [2.75, 3.05) is 11.5 Å². The Morgan fingerprint density at radius 2 is 1.88 bits per heavy atom. The molecule has 1 heterocycles. The SMILES string of the molecule is ClC1CSCC1Cc1cccc2ccccc12. The van der Waals surface area contributed by atoms with Crippen molar-refractivity contribution in [3.63, 3.8) is 0 Å². The number of rotatable bonds is 2. The Hall–Kier alpha value is -0.660. The Labute approximate surface area is 111 Å². The summed E-state index contributed by atoms with van der Waals surface area (Å²) in [4.78, 5) is 0. The summed E-state index contributed by atoms with van der Waals surface area (Å²) in [5, 5.41) is 3.07. The van der Waals surface area contributed by atoms with Gasteiger partial charge in [-0.15, -0.1) is 11.6 Å². The average Bonchev–Trinajstić information content (AvgIpc) is 2.76. The van der Waals surface area contributed by atoms with Gasteiger partial charge in [-0.3, -0.25) is 0 Å². The van der Waals surface area contributed by atoms with Crippen molar-refractivity contribution in [2.24, 2.45) is 5.92 Å². The van der Waals surface area contributed by atoms with Crippen LogP contribution in [-0.2, 0) is 6.42 Å². The predicted molar refractivity (Wildman–Crippen MR) is 78.1 cm³/mol. The van der Waals surface area contributed by atoms with E-state index in [4.69, 9.17) is 11.6 Å². The fourth-order valence-corrected chi connectivity index (χ4v) is 4.35. The molecule has 0 aromatic heterocycles. The molecule has 2 aromatic rings. The van der Waals surface area contributed by atoms with Crippen molar-refractivity contribution in [1.29, 1.82) is 0 Å². The van der Waals surface area contributed by atoms with Crippen LogP contribution in [0.15, 0.2) is 42.5 Å². The van der Waals surface area contributed by atoms with E-state index in [1.54, 1.807) is 0 Å². The van der Waals surface area contributed by atoms with Crippen molar-refractivity contribution in [1.82, 2.24) is 0 Å². The van der Waals surface area contributed by atoms with E-state index < -0.39 is 0 Å². The molecule has 2 aromatic carbocycles. The van der Waals surface area contributed by atoms with Gasteiger partial charge in [0.05, 0.1) is 0 Å². The minimum Gasteiger partial charge on any atom is -0.160 e. The topological polar surface area (TPSA) is 0 Å². The highest BCUT2D eigenvalue weighted by Gasteiger charge is 2.26. The zero-order chi connectivity index (χ0) is 11.7. The highest BCUT2D eigenvalue weighted by molar-refractivity contribution is 7.99. The molecule has 2 atom stereocenters. The first-order chi connectivity index (χ1) is 8.34. The molecule has 88 valence electrons. The Balaban J connectivity index is 1.94. The summed E-state index contributed by atoms with van der Waals surface area (Å²) in [6.07, 6.45) is 1.11. The number of benzene rings is 2. The van der Waals surface area contributed by atoms with Crippen LogP contribution in [0.3, 0.4) is 0 Å². The molecule has 0 N–H and O–H groups in total. The maximum Gasteiger partial charge on any atom is 0.0465 e. The van der Waals surface area contributed by atoms with Crippen molar-refractivity contribution in [3.8, 4) is 0 Å². The third-order valence-electron chi connectivity index (χ3n) is 3.48. The van der Waals surface area contributed by atoms with E-state index in [2.05, 4.69) is 42.5 Å². The molecular weight excluding hydrogens is 248 g/mol. The summed E-state index contributed by atoms with van der Waals surface area (Å²) in [6, 6.07) is 15.2. The highest BCUT2D eigenvalue weighted by atomic mass is 35.5. The number of thioether (sulfide) groups is 1. The van der Waals surface area contributed by atoms with Gasteiger partial charge in [-0.25, -0.2) is 0 Å². The lowest BCUT2D eigenvalue weighted by Gasteiger charge is -2.14. The van der Waals surface area contributed by atoms with Crippen LogP contribution in [0.25, 0.3) is 10.8 Å². The minimum atomic E-state index is 0.346. The fraction of sp³-hybridized carbons (Fsp3) is 0.333. The molecule has 17 heavy (non-hydrogen) atoms. The molecule has 0 bridgehead atoms. The lowest BCUT2D eigenvalue weighted by Crippen LogP contribution is -2.14. The van der Waals surface area contributed by atoms with Gasteiger partial charge in [0, 0.05) is 11.1 Å². The van der Waals surface area contributed by atoms with Crippen molar-refractivity contribution < 1.29 is 0 Å². The fourth-order valence-electron chi connectivity index (χ4n) is 2.51. The molecule has 1 fully saturated rings. The molecule has 1 aliphatic heterocycles. The Morgan fingerprint density at radius 1 is 1.06 bits per heavy atom. The maximum absolute atomic E-state index is 6.36. The van der Waals surface area contributed by atoms with Crippen LogP contribution in [0.4, 0.5) is 0 Å². The molecule has 2 unspecified atom stereocenters. The molecule has 0 amide bonds. The molecule has 0 saturated carbocycles. The standard InChI is InChI=1S/C15H15ClS/c16-15-10-17-9-13(15)8-12-6-3-5-11-4-1-2-7-14(11)12/h1-7,13,15H,8-10H2. The van der Waals surface area contributed by atoms with Crippen LogP contribution in [0.1, 0.15) is 5.56 Å². The largest absolute Gasteiger partial charge is 0.160 e. The molecule has 1 saturated heterocycles. The summed E-state index contributed by atoms with van der Waals surface area (Å²) in [6.45, 7) is 0. The third kappa shape index (κ3) is 2.31. The second-order valence-corrected chi connectivity index (χ2v) is 6.29. The molecule has 0 radical (unpaired) electrons. The molecule has 0 spiro atoms. The Bertz CT molecular complexity index is 518. The van der Waals surface area contributed by atoms with Gasteiger partial charge in [-0.1, -0.05) is 42.5 Å². The maximum atomic E-state index is 6.36. The first kappa shape index (κ1) is 11.4. The molecular formula is C15H15ClS. The summed E-state index contributed by atoms with van der Waals surface area (Å²) >= 11 is 8.34. The summed E-state index contributed by atoms with van der Waals surface area (Å²) in [7, 11) is 0. The Kier molecular flexibility index (Phi) is 3.30. The smallest absolute Gasteiger partial charge is 0.0465 e. The predicted octanol–water partition coefficient (Wildman–Crippen LogP) is 4.35. The first-order valence-electron chi connectivity index (χ1n) is 6.03. The van der Waals surface area contributed by atoms with Gasteiger partial charge < -0.3 is 0 Å². The van der Waals surface area contributed by atoms with E-state index in [-0.39, 0.29) is 0 Å². The summed E-state index contributed by atoms with van der Waals surface area (Å²) < 4.78 is 0. The highest BCUT2D eigenvalue weighted by Crippen LogP contribution is 2.32. The van der Waals surface area contributed by atoms with Crippen molar-refractivity contribution in [3.05, 3.63) is 48.0 Å². The first-order valence-corrected chi connectivity index (χ1v) is 7.62. The lowest BCUT2D eigenvalue weighted by molar-refractivity contribution is 0.605. The van der Waals surface area contributed by atoms with E-state index >= 15 is 0 Å². The van der Waals surface area contributed by atoms with Crippen LogP contribution >= 0.6 is 23.4 Å². The van der Waals surface area contributed by atoms with Crippen molar-refractivity contribution >= 4 is 34.1 Å². The summed E-state index contributed by atoms with van der Waals surface area (Å²) in [5.41, 5.74) is 1.45. The van der Waals surface area contributed by atoms with E-state index in [1.807, 2.05) is 11.8 Å². The van der Waals surface area contributed by atoms with Gasteiger partial charge in [0.25, 0.3) is 0 Å². The van der Waals surface area contributed by atoms with Gasteiger partial charge in [0.1, 0.15) is 0 Å². The number of fused-ring (bicyclic) bond motifs is 1. The van der Waals surface area contributed by atoms with Gasteiger partial charge in [0.2, 0.25) is 0 Å². The molecule has 0 nitrogen and oxygen atoms in total. The monoisotopic (exact) mass is 262 g/mol. The van der Waals surface area contributed by atoms with Crippen LogP contribution in [-0.4, -0.2) is 16.9 Å². The molecule has 1 aliphatic rings. The van der Waals surface area contributed by atoms with E-state index in [9.17, 15) is 0 Å². The molecule has 2 heteroatoms. The molecule has 0 aliphatic carbocycles. The van der Waals surface area contributed by atoms with Gasteiger partial charge in [0.15, 0.2) is 0 Å². The number of hydrogen-bond donors (Lipinski definition) is 0.